The van der Waals surface area contributed by atoms with E-state index < -0.39 is 12.1 Å². The van der Waals surface area contributed by atoms with Gasteiger partial charge in [-0.15, -0.1) is 0 Å². The van der Waals surface area contributed by atoms with Crippen LogP contribution in [0.4, 0.5) is 0 Å². The summed E-state index contributed by atoms with van der Waals surface area (Å²) in [5, 5.41) is 3.66. The van der Waals surface area contributed by atoms with Crippen molar-refractivity contribution in [2.75, 3.05) is 13.2 Å². The molecular formula is C28H24Cl2N2O4. The van der Waals surface area contributed by atoms with Gasteiger partial charge in [0.15, 0.2) is 5.78 Å². The van der Waals surface area contributed by atoms with E-state index in [1.54, 1.807) is 35.2 Å². The number of halogens is 2. The largest absolute Gasteiger partial charge is 0.368 e. The van der Waals surface area contributed by atoms with Crippen molar-refractivity contribution in [3.8, 4) is 11.1 Å². The monoisotopic (exact) mass is 522 g/mol. The van der Waals surface area contributed by atoms with Gasteiger partial charge in [-0.1, -0.05) is 71.7 Å². The normalized spacial score (nSPS) is 19.7. The molecule has 6 nitrogen and oxygen atoms in total. The van der Waals surface area contributed by atoms with Gasteiger partial charge in [0.2, 0.25) is 5.91 Å². The van der Waals surface area contributed by atoms with E-state index in [1.807, 2.05) is 42.5 Å². The van der Waals surface area contributed by atoms with Gasteiger partial charge in [0.25, 0.3) is 5.91 Å². The molecule has 0 spiro atoms. The number of amides is 2. The van der Waals surface area contributed by atoms with E-state index in [0.29, 0.717) is 28.6 Å². The third kappa shape index (κ3) is 5.03. The zero-order chi connectivity index (χ0) is 25.2. The van der Waals surface area contributed by atoms with Crippen LogP contribution in [0.25, 0.3) is 11.1 Å². The van der Waals surface area contributed by atoms with E-state index in [0.717, 1.165) is 16.7 Å². The Balaban J connectivity index is 1.38. The Hall–Kier alpha value is -3.19. The molecular weight excluding hydrogens is 499 g/mol. The maximum atomic E-state index is 13.6. The summed E-state index contributed by atoms with van der Waals surface area (Å²) in [6.45, 7) is 0.413. The summed E-state index contributed by atoms with van der Waals surface area (Å²) >= 11 is 12.2. The highest BCUT2D eigenvalue weighted by molar-refractivity contribution is 6.42. The van der Waals surface area contributed by atoms with Gasteiger partial charge < -0.3 is 15.0 Å². The molecule has 2 fully saturated rings. The molecule has 2 aliphatic heterocycles. The summed E-state index contributed by atoms with van der Waals surface area (Å²) in [6.07, 6.45) is 0.511. The van der Waals surface area contributed by atoms with Gasteiger partial charge in [0.1, 0.15) is 18.7 Å². The van der Waals surface area contributed by atoms with Crippen LogP contribution in [0.15, 0.2) is 72.8 Å². The zero-order valence-corrected chi connectivity index (χ0v) is 20.8. The quantitative estimate of drug-likeness (QED) is 0.514. The molecule has 2 saturated heterocycles. The molecule has 184 valence electrons. The van der Waals surface area contributed by atoms with Crippen molar-refractivity contribution >= 4 is 40.8 Å². The molecule has 2 aliphatic rings. The third-order valence-electron chi connectivity index (χ3n) is 6.68. The van der Waals surface area contributed by atoms with Gasteiger partial charge in [-0.05, 0) is 47.4 Å². The maximum absolute atomic E-state index is 13.6. The first-order valence-corrected chi connectivity index (χ1v) is 12.5. The Morgan fingerprint density at radius 1 is 0.972 bits per heavy atom. The highest BCUT2D eigenvalue weighted by Gasteiger charge is 2.48. The van der Waals surface area contributed by atoms with E-state index in [-0.39, 0.29) is 36.7 Å². The first kappa shape index (κ1) is 24.5. The number of ketones is 1. The summed E-state index contributed by atoms with van der Waals surface area (Å²) in [6, 6.07) is 20.7. The van der Waals surface area contributed by atoms with Crippen LogP contribution in [0.1, 0.15) is 22.3 Å². The highest BCUT2D eigenvalue weighted by Crippen LogP contribution is 2.29. The molecule has 2 amide bonds. The van der Waals surface area contributed by atoms with E-state index in [2.05, 4.69) is 5.32 Å². The van der Waals surface area contributed by atoms with Gasteiger partial charge in [-0.3, -0.25) is 14.4 Å². The number of nitrogens with one attached hydrogen (secondary N) is 1. The lowest BCUT2D eigenvalue weighted by Gasteiger charge is -2.27. The second-order valence-electron chi connectivity index (χ2n) is 9.00. The summed E-state index contributed by atoms with van der Waals surface area (Å²) < 4.78 is 5.53. The first-order valence-electron chi connectivity index (χ1n) is 11.8. The van der Waals surface area contributed by atoms with Crippen LogP contribution >= 0.6 is 23.2 Å². The minimum absolute atomic E-state index is 0.0106. The molecule has 8 heteroatoms. The Kier molecular flexibility index (Phi) is 7.10. The Morgan fingerprint density at radius 2 is 1.69 bits per heavy atom. The van der Waals surface area contributed by atoms with Gasteiger partial charge in [0.05, 0.1) is 16.1 Å². The number of hydrogen-bond acceptors (Lipinski definition) is 4. The average Bonchev–Trinajstić information content (AvgIpc) is 3.49. The number of hydrogen-bond donors (Lipinski definition) is 1. The number of carbonyl (C=O) groups excluding carboxylic acids is 3. The second kappa shape index (κ2) is 10.4. The number of benzene rings is 3. The first-order chi connectivity index (χ1) is 17.4. The van der Waals surface area contributed by atoms with Crippen molar-refractivity contribution in [2.24, 2.45) is 0 Å². The topological polar surface area (TPSA) is 75.7 Å². The molecule has 3 unspecified atom stereocenters. The molecule has 3 aromatic carbocycles. The lowest BCUT2D eigenvalue weighted by Crippen LogP contribution is -2.53. The standard InChI is InChI=1S/C28H24Cl2N2O4/c29-21-11-6-17(14-22(21)30)15-23(28(35)32-13-12-25-26(32)24(33)16-36-25)31-27(34)20-9-7-19(8-10-20)18-4-2-1-3-5-18/h1-11,14,23,25-26H,12-13,15-16H2,(H,31,34). The van der Waals surface area contributed by atoms with Crippen LogP contribution in [0.5, 0.6) is 0 Å². The number of Topliss-reactive ketones (excluding diaryl/α,β-unsaturated/α-hetero) is 1. The predicted octanol–water partition coefficient (Wildman–Crippen LogP) is 4.57. The Bertz CT molecular complexity index is 1300. The van der Waals surface area contributed by atoms with Crippen molar-refractivity contribution < 1.29 is 19.1 Å². The van der Waals surface area contributed by atoms with Crippen molar-refractivity contribution in [3.63, 3.8) is 0 Å². The van der Waals surface area contributed by atoms with Crippen LogP contribution in [0.3, 0.4) is 0 Å². The SMILES string of the molecule is O=C(NC(Cc1ccc(Cl)c(Cl)c1)C(=O)N1CCC2OCC(=O)C21)c1ccc(-c2ccccc2)cc1. The lowest BCUT2D eigenvalue weighted by atomic mass is 10.0. The van der Waals surface area contributed by atoms with E-state index in [4.69, 9.17) is 27.9 Å². The number of rotatable bonds is 6. The fourth-order valence-electron chi connectivity index (χ4n) is 4.83. The van der Waals surface area contributed by atoms with E-state index >= 15 is 0 Å². The van der Waals surface area contributed by atoms with Crippen LogP contribution in [-0.2, 0) is 20.7 Å². The second-order valence-corrected chi connectivity index (χ2v) is 9.82. The molecule has 0 radical (unpaired) electrons. The van der Waals surface area contributed by atoms with Crippen molar-refractivity contribution in [1.82, 2.24) is 10.2 Å². The lowest BCUT2D eigenvalue weighted by molar-refractivity contribution is -0.138. The number of nitrogens with zero attached hydrogens (tertiary/aromatic N) is 1. The molecule has 36 heavy (non-hydrogen) atoms. The summed E-state index contributed by atoms with van der Waals surface area (Å²) in [5.74, 6) is -0.804. The van der Waals surface area contributed by atoms with Crippen molar-refractivity contribution in [3.05, 3.63) is 94.0 Å². The van der Waals surface area contributed by atoms with E-state index in [1.165, 1.54) is 0 Å². The fourth-order valence-corrected chi connectivity index (χ4v) is 5.15. The Morgan fingerprint density at radius 3 is 2.42 bits per heavy atom. The van der Waals surface area contributed by atoms with Crippen molar-refractivity contribution in [2.45, 2.75) is 31.0 Å². The smallest absolute Gasteiger partial charge is 0.251 e. The van der Waals surface area contributed by atoms with Crippen LogP contribution < -0.4 is 5.32 Å². The fraction of sp³-hybridized carbons (Fsp3) is 0.250. The van der Waals surface area contributed by atoms with E-state index in [9.17, 15) is 14.4 Å². The van der Waals surface area contributed by atoms with Gasteiger partial charge in [-0.2, -0.15) is 0 Å². The van der Waals surface area contributed by atoms with Gasteiger partial charge in [-0.25, -0.2) is 0 Å². The summed E-state index contributed by atoms with van der Waals surface area (Å²) in [4.78, 5) is 40.8. The third-order valence-corrected chi connectivity index (χ3v) is 7.42. The van der Waals surface area contributed by atoms with Crippen LogP contribution in [-0.4, -0.2) is 53.8 Å². The molecule has 0 aliphatic carbocycles. The molecule has 5 rings (SSSR count). The highest BCUT2D eigenvalue weighted by atomic mass is 35.5. The van der Waals surface area contributed by atoms with Crippen LogP contribution in [0, 0.1) is 0 Å². The predicted molar refractivity (Wildman–Crippen MR) is 138 cm³/mol. The molecule has 0 aromatic heterocycles. The molecule has 2 heterocycles. The van der Waals surface area contributed by atoms with Crippen molar-refractivity contribution in [1.29, 1.82) is 0 Å². The number of carbonyl (C=O) groups is 3. The number of likely N-dealkylation sites (tertiary alicyclic amines) is 1. The molecule has 0 bridgehead atoms. The molecule has 3 aromatic rings. The average molecular weight is 523 g/mol. The van der Waals surface area contributed by atoms with Gasteiger partial charge in [0, 0.05) is 18.5 Å². The summed E-state index contributed by atoms with van der Waals surface area (Å²) in [7, 11) is 0. The number of fused-ring (bicyclic) bond motifs is 1. The maximum Gasteiger partial charge on any atom is 0.251 e. The Labute approximate surface area is 219 Å². The number of ether oxygens (including phenoxy) is 1. The molecule has 3 atom stereocenters. The molecule has 0 saturated carbocycles. The minimum Gasteiger partial charge on any atom is -0.368 e. The summed E-state index contributed by atoms with van der Waals surface area (Å²) in [5.41, 5.74) is 3.20. The molecule has 1 N–H and O–H groups in total. The minimum atomic E-state index is -0.893. The zero-order valence-electron chi connectivity index (χ0n) is 19.3. The van der Waals surface area contributed by atoms with Gasteiger partial charge >= 0.3 is 0 Å². The van der Waals surface area contributed by atoms with Crippen LogP contribution in [0.2, 0.25) is 10.0 Å².